The van der Waals surface area contributed by atoms with E-state index in [0.717, 1.165) is 0 Å². The first-order chi connectivity index (χ1) is 11.0. The number of anilines is 1. The number of hydrogen-bond donors (Lipinski definition) is 2. The van der Waals surface area contributed by atoms with Crippen LogP contribution in [0.1, 0.15) is 27.6 Å². The number of ether oxygens (including phenoxy) is 1. The van der Waals surface area contributed by atoms with Crippen molar-refractivity contribution in [1.82, 2.24) is 0 Å². The van der Waals surface area contributed by atoms with Crippen molar-refractivity contribution in [3.63, 3.8) is 0 Å². The van der Waals surface area contributed by atoms with Crippen LogP contribution in [0, 0.1) is 0 Å². The summed E-state index contributed by atoms with van der Waals surface area (Å²) in [5.74, 6) is -0.904. The van der Waals surface area contributed by atoms with Gasteiger partial charge < -0.3 is 15.2 Å². The summed E-state index contributed by atoms with van der Waals surface area (Å²) in [5.41, 5.74) is 0.651. The van der Waals surface area contributed by atoms with Crippen molar-refractivity contribution in [2.75, 3.05) is 5.32 Å². The monoisotopic (exact) mass is 375 g/mol. The first kappa shape index (κ1) is 16.8. The molecule has 2 N–H and O–H groups in total. The summed E-state index contributed by atoms with van der Waals surface area (Å²) >= 11 is 3.21. The van der Waals surface area contributed by atoms with E-state index >= 15 is 0 Å². The molecular weight excluding hydrogens is 362 g/mol. The molecule has 0 radical (unpaired) electrons. The Bertz CT molecular complexity index is 754. The van der Waals surface area contributed by atoms with Gasteiger partial charge in [-0.05, 0) is 49.4 Å². The Kier molecular flexibility index (Phi) is 5.54. The molecule has 0 atom stereocenters. The number of nitrogens with one attached hydrogen (secondary N) is 1. The van der Waals surface area contributed by atoms with E-state index in [1.807, 2.05) is 6.92 Å². The fraction of sp³-hybridized carbons (Fsp3) is 0.0588. The molecule has 0 aliphatic rings. The molecule has 0 bridgehead atoms. The molecule has 2 rings (SSSR count). The van der Waals surface area contributed by atoms with Crippen molar-refractivity contribution in [1.29, 1.82) is 0 Å². The first-order valence-electron chi connectivity index (χ1n) is 6.73. The van der Waals surface area contributed by atoms with Crippen molar-refractivity contribution in [2.24, 2.45) is 0 Å². The highest BCUT2D eigenvalue weighted by Gasteiger charge is 2.14. The summed E-state index contributed by atoms with van der Waals surface area (Å²) in [4.78, 5) is 23.5. The van der Waals surface area contributed by atoms with Crippen LogP contribution in [0.15, 0.2) is 59.3 Å². The Hall–Kier alpha value is -2.60. The van der Waals surface area contributed by atoms with Gasteiger partial charge in [0.05, 0.1) is 17.5 Å². The maximum Gasteiger partial charge on any atom is 0.337 e. The molecule has 0 aliphatic heterocycles. The lowest BCUT2D eigenvalue weighted by molar-refractivity contribution is 0.0698. The van der Waals surface area contributed by atoms with Gasteiger partial charge in [-0.1, -0.05) is 22.0 Å². The summed E-state index contributed by atoms with van der Waals surface area (Å²) in [5, 5.41) is 11.8. The van der Waals surface area contributed by atoms with Gasteiger partial charge in [0.25, 0.3) is 5.91 Å². The zero-order chi connectivity index (χ0) is 16.8. The zero-order valence-corrected chi connectivity index (χ0v) is 13.8. The van der Waals surface area contributed by atoms with Crippen molar-refractivity contribution in [3.8, 4) is 5.75 Å². The number of carboxylic acids is 1. The van der Waals surface area contributed by atoms with Crippen LogP contribution in [-0.4, -0.2) is 17.0 Å². The smallest absolute Gasteiger partial charge is 0.337 e. The predicted octanol–water partition coefficient (Wildman–Crippen LogP) is 4.31. The first-order valence-corrected chi connectivity index (χ1v) is 7.52. The van der Waals surface area contributed by atoms with E-state index in [-0.39, 0.29) is 11.3 Å². The van der Waals surface area contributed by atoms with Crippen molar-refractivity contribution < 1.29 is 19.4 Å². The molecule has 0 saturated carbocycles. The topological polar surface area (TPSA) is 75.6 Å². The lowest BCUT2D eigenvalue weighted by atomic mass is 10.1. The molecule has 118 valence electrons. The molecule has 2 aromatic rings. The third-order valence-corrected chi connectivity index (χ3v) is 3.41. The molecule has 0 heterocycles. The van der Waals surface area contributed by atoms with Gasteiger partial charge in [0, 0.05) is 10.0 Å². The van der Waals surface area contributed by atoms with E-state index in [9.17, 15) is 14.7 Å². The molecule has 0 spiro atoms. The van der Waals surface area contributed by atoms with Crippen LogP contribution in [-0.2, 0) is 0 Å². The maximum absolute atomic E-state index is 12.2. The van der Waals surface area contributed by atoms with Crippen LogP contribution in [0.25, 0.3) is 0 Å². The average molecular weight is 376 g/mol. The minimum atomic E-state index is -1.11. The van der Waals surface area contributed by atoms with E-state index in [0.29, 0.717) is 15.8 Å². The highest BCUT2D eigenvalue weighted by atomic mass is 79.9. The van der Waals surface area contributed by atoms with Crippen LogP contribution in [0.5, 0.6) is 5.75 Å². The number of allylic oxidation sites excluding steroid dienone is 1. The molecule has 0 unspecified atom stereocenters. The van der Waals surface area contributed by atoms with Crippen molar-refractivity contribution in [3.05, 3.63) is 70.4 Å². The number of halogens is 1. The van der Waals surface area contributed by atoms with E-state index < -0.39 is 11.9 Å². The van der Waals surface area contributed by atoms with Gasteiger partial charge >= 0.3 is 5.97 Å². The summed E-state index contributed by atoms with van der Waals surface area (Å²) in [7, 11) is 0. The lowest BCUT2D eigenvalue weighted by Crippen LogP contribution is -2.14. The Morgan fingerprint density at radius 1 is 1.17 bits per heavy atom. The number of carboxylic acid groups (broad SMARTS) is 1. The number of carbonyl (C=O) groups is 2. The number of rotatable bonds is 5. The van der Waals surface area contributed by atoms with Gasteiger partial charge in [0.1, 0.15) is 5.75 Å². The van der Waals surface area contributed by atoms with Gasteiger partial charge in [0.2, 0.25) is 0 Å². The number of hydrogen-bond acceptors (Lipinski definition) is 3. The van der Waals surface area contributed by atoms with E-state index in [1.165, 1.54) is 18.4 Å². The Morgan fingerprint density at radius 2 is 1.87 bits per heavy atom. The summed E-state index contributed by atoms with van der Waals surface area (Å²) in [6.45, 7) is 1.83. The molecule has 0 aromatic heterocycles. The van der Waals surface area contributed by atoms with Crippen LogP contribution < -0.4 is 10.1 Å². The number of benzene rings is 2. The Morgan fingerprint density at radius 3 is 2.48 bits per heavy atom. The van der Waals surface area contributed by atoms with Gasteiger partial charge in [0.15, 0.2) is 0 Å². The zero-order valence-electron chi connectivity index (χ0n) is 12.2. The highest BCUT2D eigenvalue weighted by molar-refractivity contribution is 9.10. The second kappa shape index (κ2) is 7.60. The van der Waals surface area contributed by atoms with Gasteiger partial charge in [-0.3, -0.25) is 4.79 Å². The Labute approximate surface area is 141 Å². The summed E-state index contributed by atoms with van der Waals surface area (Å²) in [6.07, 6.45) is 3.29. The van der Waals surface area contributed by atoms with E-state index in [2.05, 4.69) is 21.2 Å². The molecule has 23 heavy (non-hydrogen) atoms. The standard InChI is InChI=1S/C17H14BrNO4/c1-2-9-23-13-6-3-11(4-7-13)16(20)19-15-8-5-12(18)10-14(15)17(21)22/h2-10H,1H3,(H,19,20)(H,21,22)/b9-2+. The largest absolute Gasteiger partial charge is 0.478 e. The predicted molar refractivity (Wildman–Crippen MR) is 90.9 cm³/mol. The summed E-state index contributed by atoms with van der Waals surface area (Å²) < 4.78 is 5.90. The molecular formula is C17H14BrNO4. The highest BCUT2D eigenvalue weighted by Crippen LogP contribution is 2.22. The van der Waals surface area contributed by atoms with Crippen molar-refractivity contribution in [2.45, 2.75) is 6.92 Å². The molecule has 1 amide bonds. The molecule has 6 heteroatoms. The minimum Gasteiger partial charge on any atom is -0.478 e. The fourth-order valence-electron chi connectivity index (χ4n) is 1.83. The molecule has 0 saturated heterocycles. The Balaban J connectivity index is 2.17. The third-order valence-electron chi connectivity index (χ3n) is 2.92. The number of amides is 1. The maximum atomic E-state index is 12.2. The van der Waals surface area contributed by atoms with Crippen LogP contribution in [0.2, 0.25) is 0 Å². The number of aromatic carboxylic acids is 1. The van der Waals surface area contributed by atoms with Crippen LogP contribution in [0.3, 0.4) is 0 Å². The third kappa shape index (κ3) is 4.43. The molecule has 0 fully saturated rings. The molecule has 0 aliphatic carbocycles. The number of carbonyl (C=O) groups excluding carboxylic acids is 1. The van der Waals surface area contributed by atoms with Crippen LogP contribution in [0.4, 0.5) is 5.69 Å². The van der Waals surface area contributed by atoms with Gasteiger partial charge in [-0.25, -0.2) is 4.79 Å². The van der Waals surface area contributed by atoms with Crippen LogP contribution >= 0.6 is 15.9 Å². The van der Waals surface area contributed by atoms with Gasteiger partial charge in [-0.2, -0.15) is 0 Å². The minimum absolute atomic E-state index is 0.0146. The van der Waals surface area contributed by atoms with E-state index in [1.54, 1.807) is 36.4 Å². The normalized spacial score (nSPS) is 10.5. The second-order valence-corrected chi connectivity index (χ2v) is 5.48. The lowest BCUT2D eigenvalue weighted by Gasteiger charge is -2.09. The molecule has 2 aromatic carbocycles. The second-order valence-electron chi connectivity index (χ2n) is 4.56. The molecule has 5 nitrogen and oxygen atoms in total. The quantitative estimate of drug-likeness (QED) is 0.763. The SMILES string of the molecule is C/C=C/Oc1ccc(C(=O)Nc2ccc(Br)cc2C(=O)O)cc1. The van der Waals surface area contributed by atoms with Crippen molar-refractivity contribution >= 4 is 33.5 Å². The van der Waals surface area contributed by atoms with E-state index in [4.69, 9.17) is 4.74 Å². The fourth-order valence-corrected chi connectivity index (χ4v) is 2.19. The summed E-state index contributed by atoms with van der Waals surface area (Å²) in [6, 6.07) is 11.2. The van der Waals surface area contributed by atoms with Gasteiger partial charge in [-0.15, -0.1) is 0 Å². The average Bonchev–Trinajstić information content (AvgIpc) is 2.54.